The van der Waals surface area contributed by atoms with Gasteiger partial charge >= 0.3 is 0 Å². The summed E-state index contributed by atoms with van der Waals surface area (Å²) in [6.45, 7) is 6.35. The summed E-state index contributed by atoms with van der Waals surface area (Å²) in [5.74, 6) is -1.94. The van der Waals surface area contributed by atoms with Gasteiger partial charge in [0.05, 0.1) is 23.7 Å². The molecule has 1 atom stereocenters. The molecular weight excluding hydrogens is 481 g/mol. The van der Waals surface area contributed by atoms with E-state index in [2.05, 4.69) is 20.8 Å². The lowest BCUT2D eigenvalue weighted by Crippen LogP contribution is -2.29. The molecular formula is C29H27ClFNO4. The predicted octanol–water partition coefficient (Wildman–Crippen LogP) is 6.41. The number of aliphatic hydroxyl groups excluding tert-OH is 1. The smallest absolute Gasteiger partial charge is 0.295 e. The third-order valence-electron chi connectivity index (χ3n) is 6.32. The van der Waals surface area contributed by atoms with E-state index in [1.165, 1.54) is 30.2 Å². The molecule has 1 N–H and O–H groups in total. The van der Waals surface area contributed by atoms with Crippen molar-refractivity contribution in [2.24, 2.45) is 0 Å². The molecule has 1 heterocycles. The van der Waals surface area contributed by atoms with Gasteiger partial charge in [0, 0.05) is 12.1 Å². The van der Waals surface area contributed by atoms with Gasteiger partial charge in [-0.15, -0.1) is 0 Å². The number of methoxy groups -OCH3 is 1. The Hall–Kier alpha value is -3.64. The summed E-state index contributed by atoms with van der Waals surface area (Å²) in [5, 5.41) is 11.6. The van der Waals surface area contributed by atoms with Crippen LogP contribution in [0.3, 0.4) is 0 Å². The van der Waals surface area contributed by atoms with Crippen LogP contribution in [0.15, 0.2) is 72.3 Å². The van der Waals surface area contributed by atoms with Crippen LogP contribution in [0.2, 0.25) is 5.02 Å². The number of amides is 1. The Bertz CT molecular complexity index is 1340. The third-order valence-corrected chi connectivity index (χ3v) is 6.64. The summed E-state index contributed by atoms with van der Waals surface area (Å²) in [6.07, 6.45) is 0. The number of Topliss-reactive ketones (excluding diaryl/α,β-unsaturated/α-hetero) is 1. The molecule has 3 aromatic rings. The first-order valence-electron chi connectivity index (χ1n) is 11.5. The molecule has 5 nitrogen and oxygen atoms in total. The second-order valence-corrected chi connectivity index (χ2v) is 10.2. The second-order valence-electron chi connectivity index (χ2n) is 9.77. The van der Waals surface area contributed by atoms with Crippen LogP contribution in [0.1, 0.15) is 49.1 Å². The zero-order valence-electron chi connectivity index (χ0n) is 20.5. The number of aliphatic hydroxyl groups is 1. The average molecular weight is 508 g/mol. The van der Waals surface area contributed by atoms with Crippen LogP contribution >= 0.6 is 11.6 Å². The van der Waals surface area contributed by atoms with Crippen LogP contribution in [0.4, 0.5) is 4.39 Å². The number of carbonyl (C=O) groups is 2. The van der Waals surface area contributed by atoms with E-state index in [0.717, 1.165) is 5.56 Å². The Morgan fingerprint density at radius 2 is 1.67 bits per heavy atom. The number of halogens is 2. The number of carbonyl (C=O) groups excluding carboxylic acids is 2. The van der Waals surface area contributed by atoms with Crippen molar-refractivity contribution in [1.82, 2.24) is 4.90 Å². The molecule has 36 heavy (non-hydrogen) atoms. The lowest BCUT2D eigenvalue weighted by molar-refractivity contribution is -0.140. The molecule has 1 unspecified atom stereocenters. The fourth-order valence-corrected chi connectivity index (χ4v) is 4.50. The first-order valence-corrected chi connectivity index (χ1v) is 11.9. The molecule has 0 spiro atoms. The number of rotatable bonds is 5. The van der Waals surface area contributed by atoms with Gasteiger partial charge in [-0.05, 0) is 52.4 Å². The molecule has 0 saturated carbocycles. The van der Waals surface area contributed by atoms with Crippen molar-refractivity contribution in [3.63, 3.8) is 0 Å². The maximum atomic E-state index is 13.5. The summed E-state index contributed by atoms with van der Waals surface area (Å²) in [7, 11) is 1.45. The lowest BCUT2D eigenvalue weighted by atomic mass is 9.85. The Balaban J connectivity index is 1.86. The van der Waals surface area contributed by atoms with E-state index in [4.69, 9.17) is 16.3 Å². The number of ketones is 1. The Morgan fingerprint density at radius 1 is 1.03 bits per heavy atom. The summed E-state index contributed by atoms with van der Waals surface area (Å²) >= 11 is 6.13. The lowest BCUT2D eigenvalue weighted by Gasteiger charge is -2.26. The standard InChI is InChI=1S/C29H27ClFNO4/c1-29(2,3)20-10-7-18(8-11-20)25-24(26(33)19-9-14-22(30)23(15-19)36-4)27(34)28(35)32(25)16-17-5-12-21(31)13-6-17/h5-15,25,33H,16H2,1-4H3/b26-24-. The number of likely N-dealkylation sites (tertiary alicyclic amines) is 1. The SMILES string of the molecule is COc1cc(/C(O)=C2/C(=O)C(=O)N(Cc3ccc(F)cc3)C2c2ccc(C(C)(C)C)cc2)ccc1Cl. The number of ether oxygens (including phenoxy) is 1. The van der Waals surface area contributed by atoms with Crippen LogP contribution in [0.5, 0.6) is 5.75 Å². The molecule has 7 heteroatoms. The van der Waals surface area contributed by atoms with E-state index < -0.39 is 23.5 Å². The van der Waals surface area contributed by atoms with Crippen LogP contribution in [0.25, 0.3) is 5.76 Å². The fourth-order valence-electron chi connectivity index (χ4n) is 4.30. The number of hydrogen-bond donors (Lipinski definition) is 1. The van der Waals surface area contributed by atoms with Crippen molar-refractivity contribution < 1.29 is 23.8 Å². The maximum absolute atomic E-state index is 13.5. The molecule has 1 saturated heterocycles. The molecule has 1 aliphatic rings. The number of hydrogen-bond acceptors (Lipinski definition) is 4. The largest absolute Gasteiger partial charge is 0.507 e. The molecule has 1 fully saturated rings. The van der Waals surface area contributed by atoms with E-state index in [1.807, 2.05) is 24.3 Å². The van der Waals surface area contributed by atoms with E-state index in [0.29, 0.717) is 27.5 Å². The first-order chi connectivity index (χ1) is 17.0. The van der Waals surface area contributed by atoms with E-state index >= 15 is 0 Å². The van der Waals surface area contributed by atoms with Crippen molar-refractivity contribution in [2.45, 2.75) is 38.8 Å². The fraction of sp³-hybridized carbons (Fsp3) is 0.241. The van der Waals surface area contributed by atoms with Crippen molar-refractivity contribution in [1.29, 1.82) is 0 Å². The van der Waals surface area contributed by atoms with Gasteiger partial charge in [-0.1, -0.05) is 68.8 Å². The van der Waals surface area contributed by atoms with Crippen LogP contribution in [0, 0.1) is 5.82 Å². The average Bonchev–Trinajstić information content (AvgIpc) is 3.09. The first kappa shape index (κ1) is 25.5. The molecule has 0 aliphatic carbocycles. The van der Waals surface area contributed by atoms with E-state index in [9.17, 15) is 19.1 Å². The van der Waals surface area contributed by atoms with Gasteiger partial charge in [-0.25, -0.2) is 4.39 Å². The monoisotopic (exact) mass is 507 g/mol. The quantitative estimate of drug-likeness (QED) is 0.246. The van der Waals surface area contributed by atoms with Crippen molar-refractivity contribution in [3.8, 4) is 5.75 Å². The van der Waals surface area contributed by atoms with Gasteiger partial charge in [0.15, 0.2) is 0 Å². The van der Waals surface area contributed by atoms with Crippen LogP contribution < -0.4 is 4.74 Å². The van der Waals surface area contributed by atoms with Crippen LogP contribution in [-0.2, 0) is 21.5 Å². The normalized spacial score (nSPS) is 17.5. The highest BCUT2D eigenvalue weighted by molar-refractivity contribution is 6.46. The van der Waals surface area contributed by atoms with Gasteiger partial charge in [0.1, 0.15) is 17.3 Å². The summed E-state index contributed by atoms with van der Waals surface area (Å²) in [5.41, 5.74) is 2.59. The maximum Gasteiger partial charge on any atom is 0.295 e. The summed E-state index contributed by atoms with van der Waals surface area (Å²) < 4.78 is 18.7. The van der Waals surface area contributed by atoms with Gasteiger partial charge in [0.25, 0.3) is 11.7 Å². The topological polar surface area (TPSA) is 66.8 Å². The predicted molar refractivity (Wildman–Crippen MR) is 137 cm³/mol. The highest BCUT2D eigenvalue weighted by atomic mass is 35.5. The number of benzene rings is 3. The van der Waals surface area contributed by atoms with Gasteiger partial charge < -0.3 is 14.7 Å². The van der Waals surface area contributed by atoms with Gasteiger partial charge in [-0.3, -0.25) is 9.59 Å². The molecule has 0 bridgehead atoms. The van der Waals surface area contributed by atoms with Gasteiger partial charge in [0.2, 0.25) is 0 Å². The van der Waals surface area contributed by atoms with E-state index in [1.54, 1.807) is 24.3 Å². The summed E-state index contributed by atoms with van der Waals surface area (Å²) in [6, 6.07) is 17.2. The minimum Gasteiger partial charge on any atom is -0.507 e. The molecule has 186 valence electrons. The minimum atomic E-state index is -0.842. The molecule has 1 aliphatic heterocycles. The van der Waals surface area contributed by atoms with Crippen molar-refractivity contribution >= 4 is 29.1 Å². The highest BCUT2D eigenvalue weighted by Crippen LogP contribution is 2.41. The zero-order chi connectivity index (χ0) is 26.2. The Labute approximate surface area is 214 Å². The second kappa shape index (κ2) is 9.78. The Morgan fingerprint density at radius 3 is 2.25 bits per heavy atom. The molecule has 0 aromatic heterocycles. The number of nitrogens with zero attached hydrogens (tertiary/aromatic N) is 1. The van der Waals surface area contributed by atoms with Crippen molar-refractivity contribution in [3.05, 3.63) is 105 Å². The highest BCUT2D eigenvalue weighted by Gasteiger charge is 2.46. The third kappa shape index (κ3) is 4.86. The molecule has 4 rings (SSSR count). The Kier molecular flexibility index (Phi) is 6.92. The molecule has 3 aromatic carbocycles. The van der Waals surface area contributed by atoms with E-state index in [-0.39, 0.29) is 23.3 Å². The minimum absolute atomic E-state index is 0.0324. The zero-order valence-corrected chi connectivity index (χ0v) is 21.3. The van der Waals surface area contributed by atoms with Crippen LogP contribution in [-0.4, -0.2) is 28.8 Å². The summed E-state index contributed by atoms with van der Waals surface area (Å²) in [4.78, 5) is 27.9. The van der Waals surface area contributed by atoms with Crippen molar-refractivity contribution in [2.75, 3.05) is 7.11 Å². The molecule has 0 radical (unpaired) electrons. The molecule has 1 amide bonds. The van der Waals surface area contributed by atoms with Gasteiger partial charge in [-0.2, -0.15) is 0 Å².